The van der Waals surface area contributed by atoms with Crippen molar-refractivity contribution in [3.63, 3.8) is 0 Å². The molecule has 2 aromatic carbocycles. The van der Waals surface area contributed by atoms with Crippen LogP contribution in [0.15, 0.2) is 48.5 Å². The highest BCUT2D eigenvalue weighted by Gasteiger charge is 2.25. The molecule has 2 aromatic rings. The summed E-state index contributed by atoms with van der Waals surface area (Å²) < 4.78 is 5.48. The van der Waals surface area contributed by atoms with Crippen molar-refractivity contribution in [1.82, 2.24) is 15.5 Å². The lowest BCUT2D eigenvalue weighted by molar-refractivity contribution is 0.0162. The molecule has 8 heteroatoms. The average molecular weight is 445 g/mol. The molecule has 1 aliphatic heterocycles. The summed E-state index contributed by atoms with van der Waals surface area (Å²) in [5.74, 6) is -0.210. The predicted octanol–water partition coefficient (Wildman–Crippen LogP) is 3.67. The van der Waals surface area contributed by atoms with E-state index in [9.17, 15) is 9.59 Å². The van der Waals surface area contributed by atoms with Crippen LogP contribution in [0.5, 0.6) is 0 Å². The quantitative estimate of drug-likeness (QED) is 0.608. The summed E-state index contributed by atoms with van der Waals surface area (Å²) in [5.41, 5.74) is 2.01. The van der Waals surface area contributed by atoms with E-state index in [2.05, 4.69) is 20.9 Å². The SMILES string of the molecule is CC(C)NC(=O)Nc1cccc(C(=O)NCC(c2ccccc2Cl)N2CCOCC2)c1. The van der Waals surface area contributed by atoms with Crippen molar-refractivity contribution in [3.8, 4) is 0 Å². The first-order chi connectivity index (χ1) is 14.9. The molecule has 3 N–H and O–H groups in total. The Morgan fingerprint density at radius 1 is 1.10 bits per heavy atom. The van der Waals surface area contributed by atoms with Crippen molar-refractivity contribution < 1.29 is 14.3 Å². The Morgan fingerprint density at radius 3 is 2.55 bits per heavy atom. The highest BCUT2D eigenvalue weighted by molar-refractivity contribution is 6.31. The third-order valence-corrected chi connectivity index (χ3v) is 5.35. The van der Waals surface area contributed by atoms with Crippen molar-refractivity contribution in [1.29, 1.82) is 0 Å². The van der Waals surface area contributed by atoms with Crippen LogP contribution in [0, 0.1) is 0 Å². The monoisotopic (exact) mass is 444 g/mol. The molecule has 0 aliphatic carbocycles. The number of nitrogens with one attached hydrogen (secondary N) is 3. The number of urea groups is 1. The van der Waals surface area contributed by atoms with Crippen LogP contribution >= 0.6 is 11.6 Å². The lowest BCUT2D eigenvalue weighted by Crippen LogP contribution is -2.44. The smallest absolute Gasteiger partial charge is 0.319 e. The third kappa shape index (κ3) is 6.69. The number of nitrogens with zero attached hydrogens (tertiary/aromatic N) is 1. The van der Waals surface area contributed by atoms with Crippen LogP contribution in [0.25, 0.3) is 0 Å². The second kappa shape index (κ2) is 11.1. The Morgan fingerprint density at radius 2 is 1.84 bits per heavy atom. The molecule has 166 valence electrons. The Hall–Kier alpha value is -2.61. The van der Waals surface area contributed by atoms with E-state index in [-0.39, 0.29) is 24.0 Å². The Bertz CT molecular complexity index is 900. The largest absolute Gasteiger partial charge is 0.379 e. The molecule has 1 unspecified atom stereocenters. The fourth-order valence-corrected chi connectivity index (χ4v) is 3.79. The van der Waals surface area contributed by atoms with Crippen LogP contribution < -0.4 is 16.0 Å². The van der Waals surface area contributed by atoms with Crippen LogP contribution in [0.1, 0.15) is 35.8 Å². The third-order valence-electron chi connectivity index (χ3n) is 5.01. The van der Waals surface area contributed by atoms with E-state index in [1.165, 1.54) is 0 Å². The number of morpholine rings is 1. The molecule has 0 aromatic heterocycles. The maximum absolute atomic E-state index is 12.8. The Balaban J connectivity index is 1.69. The van der Waals surface area contributed by atoms with Gasteiger partial charge in [0.1, 0.15) is 0 Å². The summed E-state index contributed by atoms with van der Waals surface area (Å²) in [4.78, 5) is 27.1. The van der Waals surface area contributed by atoms with Gasteiger partial charge < -0.3 is 20.7 Å². The van der Waals surface area contributed by atoms with E-state index in [1.54, 1.807) is 24.3 Å². The molecule has 31 heavy (non-hydrogen) atoms. The van der Waals surface area contributed by atoms with Gasteiger partial charge in [-0.15, -0.1) is 0 Å². The van der Waals surface area contributed by atoms with Gasteiger partial charge in [-0.25, -0.2) is 4.79 Å². The summed E-state index contributed by atoms with van der Waals surface area (Å²) in [6, 6.07) is 14.2. The van der Waals surface area contributed by atoms with E-state index < -0.39 is 0 Å². The predicted molar refractivity (Wildman–Crippen MR) is 123 cm³/mol. The molecule has 1 atom stereocenters. The maximum atomic E-state index is 12.8. The molecular formula is C23H29ClN4O3. The number of rotatable bonds is 7. The number of amides is 3. The van der Waals surface area contributed by atoms with Crippen LogP contribution in [0.2, 0.25) is 5.02 Å². The Labute approximate surface area is 188 Å². The molecule has 1 fully saturated rings. The zero-order chi connectivity index (χ0) is 22.2. The molecule has 3 amide bonds. The zero-order valence-electron chi connectivity index (χ0n) is 17.9. The minimum atomic E-state index is -0.307. The van der Waals surface area contributed by atoms with Gasteiger partial charge in [-0.05, 0) is 43.7 Å². The average Bonchev–Trinajstić information content (AvgIpc) is 2.75. The molecule has 0 bridgehead atoms. The van der Waals surface area contributed by atoms with Gasteiger partial charge in [-0.1, -0.05) is 35.9 Å². The summed E-state index contributed by atoms with van der Waals surface area (Å²) >= 11 is 6.46. The highest BCUT2D eigenvalue weighted by atomic mass is 35.5. The van der Waals surface area contributed by atoms with Gasteiger partial charge in [0.2, 0.25) is 0 Å². The molecular weight excluding hydrogens is 416 g/mol. The van der Waals surface area contributed by atoms with Gasteiger partial charge in [-0.2, -0.15) is 0 Å². The lowest BCUT2D eigenvalue weighted by Gasteiger charge is -2.35. The van der Waals surface area contributed by atoms with Crippen molar-refractivity contribution in [2.75, 3.05) is 38.2 Å². The van der Waals surface area contributed by atoms with Crippen LogP contribution in [0.3, 0.4) is 0 Å². The molecule has 7 nitrogen and oxygen atoms in total. The van der Waals surface area contributed by atoms with Crippen molar-refractivity contribution >= 4 is 29.2 Å². The topological polar surface area (TPSA) is 82.7 Å². The van der Waals surface area contributed by atoms with E-state index in [0.717, 1.165) is 18.7 Å². The number of hydrogen-bond acceptors (Lipinski definition) is 4. The number of carbonyl (C=O) groups is 2. The molecule has 0 radical (unpaired) electrons. The number of ether oxygens (including phenoxy) is 1. The van der Waals surface area contributed by atoms with Gasteiger partial charge in [-0.3, -0.25) is 9.69 Å². The molecule has 3 rings (SSSR count). The minimum Gasteiger partial charge on any atom is -0.379 e. The number of carbonyl (C=O) groups excluding carboxylic acids is 2. The molecule has 0 spiro atoms. The second-order valence-electron chi connectivity index (χ2n) is 7.73. The highest BCUT2D eigenvalue weighted by Crippen LogP contribution is 2.28. The van der Waals surface area contributed by atoms with Crippen LogP contribution in [-0.4, -0.2) is 55.7 Å². The second-order valence-corrected chi connectivity index (χ2v) is 8.14. The standard InChI is InChI=1S/C23H29ClN4O3/c1-16(2)26-23(30)27-18-7-5-6-17(14-18)22(29)25-15-21(28-10-12-31-13-11-28)19-8-3-4-9-20(19)24/h3-9,14,16,21H,10-13,15H2,1-2H3,(H,25,29)(H2,26,27,30). The van der Waals surface area contributed by atoms with Gasteiger partial charge in [0.05, 0.1) is 19.3 Å². The van der Waals surface area contributed by atoms with Crippen LogP contribution in [0.4, 0.5) is 10.5 Å². The number of halogens is 1. The van der Waals surface area contributed by atoms with Gasteiger partial charge in [0.25, 0.3) is 5.91 Å². The number of anilines is 1. The molecule has 0 saturated carbocycles. The number of benzene rings is 2. The summed E-state index contributed by atoms with van der Waals surface area (Å²) in [6.07, 6.45) is 0. The fourth-order valence-electron chi connectivity index (χ4n) is 3.53. The fraction of sp³-hybridized carbons (Fsp3) is 0.391. The first-order valence-corrected chi connectivity index (χ1v) is 10.8. The summed E-state index contributed by atoms with van der Waals surface area (Å²) in [7, 11) is 0. The molecule has 1 aliphatic rings. The van der Waals surface area contributed by atoms with Gasteiger partial charge >= 0.3 is 6.03 Å². The normalized spacial score (nSPS) is 15.4. The van der Waals surface area contributed by atoms with Gasteiger partial charge in [0, 0.05) is 41.9 Å². The summed E-state index contributed by atoms with van der Waals surface area (Å²) in [5, 5.41) is 9.21. The van der Waals surface area contributed by atoms with E-state index >= 15 is 0 Å². The molecule has 1 saturated heterocycles. The summed E-state index contributed by atoms with van der Waals surface area (Å²) in [6.45, 7) is 7.03. The Kier molecular flexibility index (Phi) is 8.28. The van der Waals surface area contributed by atoms with Gasteiger partial charge in [0.15, 0.2) is 0 Å². The van der Waals surface area contributed by atoms with Crippen molar-refractivity contribution in [3.05, 3.63) is 64.7 Å². The zero-order valence-corrected chi connectivity index (χ0v) is 18.6. The van der Waals surface area contributed by atoms with E-state index in [4.69, 9.17) is 16.3 Å². The van der Waals surface area contributed by atoms with E-state index in [1.807, 2.05) is 38.1 Å². The van der Waals surface area contributed by atoms with Crippen molar-refractivity contribution in [2.45, 2.75) is 25.9 Å². The minimum absolute atomic E-state index is 0.0217. The first-order valence-electron chi connectivity index (χ1n) is 10.5. The lowest BCUT2D eigenvalue weighted by atomic mass is 10.0. The van der Waals surface area contributed by atoms with Crippen LogP contribution in [-0.2, 0) is 4.74 Å². The van der Waals surface area contributed by atoms with E-state index in [0.29, 0.717) is 36.0 Å². The number of hydrogen-bond donors (Lipinski definition) is 3. The van der Waals surface area contributed by atoms with Crippen molar-refractivity contribution in [2.24, 2.45) is 0 Å². The molecule has 1 heterocycles. The first kappa shape index (κ1) is 23.1. The maximum Gasteiger partial charge on any atom is 0.319 e.